The Morgan fingerprint density at radius 1 is 1.10 bits per heavy atom. The van der Waals surface area contributed by atoms with Gasteiger partial charge in [-0.3, -0.25) is 0 Å². The first-order valence-corrected chi connectivity index (χ1v) is 12.6. The monoisotopic (exact) mass is 555 g/mol. The number of methoxy groups -OCH3 is 1. The van der Waals surface area contributed by atoms with Crippen LogP contribution in [-0.2, 0) is 19.5 Å². The molecule has 1 aliphatic heterocycles. The second-order valence-electron chi connectivity index (χ2n) is 10.0. The van der Waals surface area contributed by atoms with E-state index in [1.54, 1.807) is 31.3 Å². The number of imidazole rings is 1. The van der Waals surface area contributed by atoms with Gasteiger partial charge in [0.05, 0.1) is 19.0 Å². The molecule has 1 aromatic carbocycles. The van der Waals surface area contributed by atoms with Crippen LogP contribution in [0.1, 0.15) is 42.6 Å². The fourth-order valence-corrected chi connectivity index (χ4v) is 4.74. The largest absolute Gasteiger partial charge is 0.480 e. The molecule has 0 N–H and O–H groups in total. The third-order valence-corrected chi connectivity index (χ3v) is 6.80. The highest BCUT2D eigenvalue weighted by atomic mass is 19.3. The molecule has 0 saturated heterocycles. The maximum absolute atomic E-state index is 14.6. The van der Waals surface area contributed by atoms with Gasteiger partial charge in [-0.1, -0.05) is 24.3 Å². The normalized spacial score (nSPS) is 16.4. The molecule has 1 saturated carbocycles. The lowest BCUT2D eigenvalue weighted by Crippen LogP contribution is -2.45. The van der Waals surface area contributed by atoms with Crippen molar-refractivity contribution in [2.75, 3.05) is 18.6 Å². The van der Waals surface area contributed by atoms with Gasteiger partial charge in [0.1, 0.15) is 30.0 Å². The molecular weight excluding hydrogens is 530 g/mol. The molecule has 4 aromatic rings. The predicted octanol–water partition coefficient (Wildman–Crippen LogP) is 5.32. The summed E-state index contributed by atoms with van der Waals surface area (Å²) >= 11 is 0. The molecule has 9 nitrogen and oxygen atoms in total. The average molecular weight is 556 g/mol. The van der Waals surface area contributed by atoms with Crippen molar-refractivity contribution >= 4 is 5.82 Å². The Bertz CT molecular complexity index is 1570. The number of rotatable bonds is 7. The Morgan fingerprint density at radius 3 is 2.50 bits per heavy atom. The lowest BCUT2D eigenvalue weighted by Gasteiger charge is -2.34. The van der Waals surface area contributed by atoms with Crippen LogP contribution >= 0.6 is 0 Å². The number of hydrogen-bond donors (Lipinski definition) is 0. The van der Waals surface area contributed by atoms with Gasteiger partial charge in [-0.25, -0.2) is 24.9 Å². The van der Waals surface area contributed by atoms with Gasteiger partial charge in [0, 0.05) is 38.2 Å². The van der Waals surface area contributed by atoms with E-state index < -0.39 is 18.6 Å². The topological polar surface area (TPSA) is 91.1 Å². The van der Waals surface area contributed by atoms with Crippen molar-refractivity contribution in [2.24, 2.45) is 7.05 Å². The summed E-state index contributed by atoms with van der Waals surface area (Å²) in [4.78, 5) is 23.0. The molecule has 208 valence electrons. The molecule has 1 aliphatic carbocycles. The van der Waals surface area contributed by atoms with E-state index in [1.165, 1.54) is 35.3 Å². The first-order chi connectivity index (χ1) is 19.0. The summed E-state index contributed by atoms with van der Waals surface area (Å²) in [5.41, 5.74) is 2.27. The van der Waals surface area contributed by atoms with Crippen LogP contribution in [0.15, 0.2) is 43.0 Å². The van der Waals surface area contributed by atoms with Crippen LogP contribution in [0.5, 0.6) is 11.6 Å². The fraction of sp³-hybridized carbons (Fsp3) is 0.370. The van der Waals surface area contributed by atoms with Crippen LogP contribution in [0, 0.1) is 0 Å². The Labute approximate surface area is 226 Å². The zero-order chi connectivity index (χ0) is 28.2. The highest BCUT2D eigenvalue weighted by Crippen LogP contribution is 2.46. The summed E-state index contributed by atoms with van der Waals surface area (Å²) in [6.45, 7) is 0.143. The number of ether oxygens (including phenoxy) is 2. The number of fused-ring (bicyclic) bond motifs is 1. The van der Waals surface area contributed by atoms with E-state index in [-0.39, 0.29) is 35.5 Å². The van der Waals surface area contributed by atoms with Crippen LogP contribution < -0.4 is 14.4 Å². The van der Waals surface area contributed by atoms with Crippen LogP contribution in [0.25, 0.3) is 22.8 Å². The van der Waals surface area contributed by atoms with Crippen molar-refractivity contribution < 1.29 is 27.0 Å². The van der Waals surface area contributed by atoms with E-state index in [2.05, 4.69) is 24.9 Å². The van der Waals surface area contributed by atoms with Gasteiger partial charge >= 0.3 is 6.11 Å². The molecule has 0 unspecified atom stereocenters. The molecule has 1 fully saturated rings. The Morgan fingerprint density at radius 2 is 1.85 bits per heavy atom. The van der Waals surface area contributed by atoms with Gasteiger partial charge in [-0.2, -0.15) is 17.6 Å². The van der Waals surface area contributed by atoms with Crippen molar-refractivity contribution in [3.05, 3.63) is 59.9 Å². The fourth-order valence-electron chi connectivity index (χ4n) is 4.74. The van der Waals surface area contributed by atoms with Crippen LogP contribution in [0.4, 0.5) is 23.4 Å². The van der Waals surface area contributed by atoms with Gasteiger partial charge in [0.25, 0.3) is 5.92 Å². The van der Waals surface area contributed by atoms with E-state index in [9.17, 15) is 17.6 Å². The zero-order valence-electron chi connectivity index (χ0n) is 21.9. The third kappa shape index (κ3) is 4.91. The number of alkyl halides is 4. The maximum atomic E-state index is 14.6. The van der Waals surface area contributed by atoms with Crippen molar-refractivity contribution in [3.8, 4) is 34.4 Å². The van der Waals surface area contributed by atoms with Gasteiger partial charge in [-0.05, 0) is 18.4 Å². The third-order valence-electron chi connectivity index (χ3n) is 6.80. The Balaban J connectivity index is 1.32. The quantitative estimate of drug-likeness (QED) is 0.283. The van der Waals surface area contributed by atoms with Gasteiger partial charge in [0.2, 0.25) is 5.88 Å². The highest BCUT2D eigenvalue weighted by Gasteiger charge is 2.42. The van der Waals surface area contributed by atoms with E-state index in [4.69, 9.17) is 9.47 Å². The SMILES string of the molecule is COc1ncnc(C2CC2)c1-c1ncc2c(n1)N(Cc1ccc(-c3nc(C(C)(F)F)cn3C)cc1)CC(F)(F)O2. The molecule has 0 spiro atoms. The van der Waals surface area contributed by atoms with Crippen LogP contribution in [0.2, 0.25) is 0 Å². The van der Waals surface area contributed by atoms with E-state index >= 15 is 0 Å². The molecule has 6 rings (SSSR count). The highest BCUT2D eigenvalue weighted by molar-refractivity contribution is 5.69. The number of hydrogen-bond acceptors (Lipinski definition) is 8. The predicted molar refractivity (Wildman–Crippen MR) is 136 cm³/mol. The molecule has 2 aliphatic rings. The van der Waals surface area contributed by atoms with Gasteiger partial charge in [0.15, 0.2) is 17.4 Å². The van der Waals surface area contributed by atoms with Crippen LogP contribution in [0.3, 0.4) is 0 Å². The molecule has 3 aromatic heterocycles. The van der Waals surface area contributed by atoms with Crippen molar-refractivity contribution in [1.82, 2.24) is 29.5 Å². The Hall–Kier alpha value is -4.29. The first kappa shape index (κ1) is 26.0. The minimum absolute atomic E-state index is 0.0828. The lowest BCUT2D eigenvalue weighted by molar-refractivity contribution is -0.172. The molecule has 0 amide bonds. The summed E-state index contributed by atoms with van der Waals surface area (Å²) in [5, 5.41) is 0. The molecule has 0 atom stereocenters. The number of anilines is 1. The Kier molecular flexibility index (Phi) is 6.11. The summed E-state index contributed by atoms with van der Waals surface area (Å²) < 4.78 is 68.5. The van der Waals surface area contributed by atoms with E-state index in [1.807, 2.05) is 0 Å². The summed E-state index contributed by atoms with van der Waals surface area (Å²) in [6.07, 6.45) is 2.42. The van der Waals surface area contributed by atoms with Crippen LogP contribution in [-0.4, -0.2) is 49.3 Å². The zero-order valence-corrected chi connectivity index (χ0v) is 21.9. The lowest BCUT2D eigenvalue weighted by atomic mass is 10.1. The number of aryl methyl sites for hydroxylation is 1. The second-order valence-corrected chi connectivity index (χ2v) is 10.0. The second kappa shape index (κ2) is 9.42. The summed E-state index contributed by atoms with van der Waals surface area (Å²) in [7, 11) is 3.12. The van der Waals surface area contributed by atoms with Crippen molar-refractivity contribution in [1.29, 1.82) is 0 Å². The summed E-state index contributed by atoms with van der Waals surface area (Å²) in [5.74, 6) is -1.85. The standard InChI is InChI=1S/C27H25F4N7O2/c1-26(28,29)19-12-37(2)23(35-19)17-6-4-15(5-7-17)11-38-13-27(30,31)40-18-10-32-22(36-24(18)38)20-21(16-8-9-16)33-14-34-25(20)39-3/h4-7,10,12,14,16H,8-9,11,13H2,1-3H3. The molecular formula is C27H25F4N7O2. The number of halogens is 4. The molecule has 13 heteroatoms. The molecule has 40 heavy (non-hydrogen) atoms. The van der Waals surface area contributed by atoms with Crippen molar-refractivity contribution in [3.63, 3.8) is 0 Å². The minimum Gasteiger partial charge on any atom is -0.480 e. The van der Waals surface area contributed by atoms with Gasteiger partial charge in [-0.15, -0.1) is 0 Å². The van der Waals surface area contributed by atoms with E-state index in [0.29, 0.717) is 28.4 Å². The number of aromatic nitrogens is 6. The van der Waals surface area contributed by atoms with Crippen molar-refractivity contribution in [2.45, 2.75) is 44.3 Å². The molecule has 0 bridgehead atoms. The smallest absolute Gasteiger partial charge is 0.416 e. The minimum atomic E-state index is -3.46. The first-order valence-electron chi connectivity index (χ1n) is 12.6. The van der Waals surface area contributed by atoms with E-state index in [0.717, 1.165) is 25.5 Å². The molecule has 4 heterocycles. The number of nitrogens with zero attached hydrogens (tertiary/aromatic N) is 7. The maximum Gasteiger partial charge on any atom is 0.416 e. The number of benzene rings is 1. The molecule has 0 radical (unpaired) electrons. The average Bonchev–Trinajstić information content (AvgIpc) is 3.68. The summed E-state index contributed by atoms with van der Waals surface area (Å²) in [6, 6.07) is 6.91. The van der Waals surface area contributed by atoms with Gasteiger partial charge < -0.3 is 18.9 Å².